The molecule has 278 valence electrons. The van der Waals surface area contributed by atoms with Gasteiger partial charge in [0.1, 0.15) is 47.1 Å². The number of fused-ring (bicyclic) bond motifs is 10. The maximum absolute atomic E-state index is 7.20. The van der Waals surface area contributed by atoms with Gasteiger partial charge in [-0.05, 0) is 30.2 Å². The molecule has 0 bridgehead atoms. The molecule has 1 atom stereocenters. The van der Waals surface area contributed by atoms with E-state index in [1.54, 1.807) is 17.4 Å². The Hall–Kier alpha value is -6.94. The van der Waals surface area contributed by atoms with Crippen LogP contribution in [0.1, 0.15) is 22.9 Å². The van der Waals surface area contributed by atoms with E-state index in [0.29, 0.717) is 56.7 Å². The molecule has 12 rings (SSSR count). The third kappa shape index (κ3) is 5.76. The van der Waals surface area contributed by atoms with Crippen LogP contribution in [0.4, 0.5) is 0 Å². The molecule has 1 unspecified atom stereocenters. The normalized spacial score (nSPS) is 14.5. The molecule has 4 aromatic heterocycles. The summed E-state index contributed by atoms with van der Waals surface area (Å²) >= 11 is 1.75. The van der Waals surface area contributed by atoms with Crippen LogP contribution in [-0.2, 0) is 0 Å². The molecular weight excluding hydrogens is 780 g/mol. The SMILES string of the molecule is [B]c1cc([B])c2c(c1)c1c([B])c([B])c3c4cc([B])cc([B])c4n(C4CC=Cc5c4sc4cc(-c6nc(-c7ccccc7)nc(-c7ccccc7)n6)ccc54)c3c1n2C1=CC=C=C=C1. The number of rotatable bonds is 5. The molecular formula is C51H25B6N5S. The van der Waals surface area contributed by atoms with E-state index in [1.807, 2.05) is 97.1 Å². The van der Waals surface area contributed by atoms with Gasteiger partial charge in [0.2, 0.25) is 0 Å². The zero-order chi connectivity index (χ0) is 42.7. The molecule has 63 heavy (non-hydrogen) atoms. The van der Waals surface area contributed by atoms with E-state index >= 15 is 0 Å². The molecule has 12 heteroatoms. The Morgan fingerprint density at radius 3 is 1.83 bits per heavy atom. The molecule has 4 heterocycles. The van der Waals surface area contributed by atoms with Crippen molar-refractivity contribution in [2.75, 3.05) is 0 Å². The van der Waals surface area contributed by atoms with Crippen molar-refractivity contribution in [1.29, 1.82) is 0 Å². The summed E-state index contributed by atoms with van der Waals surface area (Å²) in [5, 5.41) is 4.22. The van der Waals surface area contributed by atoms with Gasteiger partial charge in [-0.2, -0.15) is 0 Å². The molecule has 0 saturated carbocycles. The van der Waals surface area contributed by atoms with Crippen molar-refractivity contribution < 1.29 is 0 Å². The third-order valence-electron chi connectivity index (χ3n) is 12.2. The number of hydrogen-bond acceptors (Lipinski definition) is 4. The van der Waals surface area contributed by atoms with Crippen LogP contribution in [0.25, 0.3) is 99.6 Å². The fraction of sp³-hybridized carbons (Fsp3) is 0.0392. The zero-order valence-electron chi connectivity index (χ0n) is 33.6. The highest BCUT2D eigenvalue weighted by atomic mass is 32.1. The van der Waals surface area contributed by atoms with Gasteiger partial charge in [0, 0.05) is 70.3 Å². The molecule has 10 aromatic rings. The van der Waals surface area contributed by atoms with Crippen LogP contribution < -0.4 is 32.8 Å². The van der Waals surface area contributed by atoms with Gasteiger partial charge in [0.25, 0.3) is 0 Å². The Kier molecular flexibility index (Phi) is 8.58. The second-order valence-electron chi connectivity index (χ2n) is 16.0. The topological polar surface area (TPSA) is 48.5 Å². The van der Waals surface area contributed by atoms with Crippen molar-refractivity contribution in [3.63, 3.8) is 0 Å². The summed E-state index contributed by atoms with van der Waals surface area (Å²) in [4.78, 5) is 16.1. The third-order valence-corrected chi connectivity index (χ3v) is 13.5. The first-order valence-corrected chi connectivity index (χ1v) is 21.3. The van der Waals surface area contributed by atoms with Crippen molar-refractivity contribution in [3.05, 3.63) is 149 Å². The second-order valence-corrected chi connectivity index (χ2v) is 17.1. The van der Waals surface area contributed by atoms with E-state index in [1.165, 1.54) is 4.88 Å². The number of benzene rings is 6. The monoisotopic (exact) mass is 805 g/mol. The molecule has 0 amide bonds. The Morgan fingerprint density at radius 2 is 1.19 bits per heavy atom. The minimum absolute atomic E-state index is 0.209. The molecule has 12 radical (unpaired) electrons. The van der Waals surface area contributed by atoms with Crippen LogP contribution in [0.2, 0.25) is 0 Å². The van der Waals surface area contributed by atoms with Crippen LogP contribution in [0.3, 0.4) is 0 Å². The highest BCUT2D eigenvalue weighted by Gasteiger charge is 2.31. The van der Waals surface area contributed by atoms with E-state index < -0.39 is 0 Å². The highest BCUT2D eigenvalue weighted by molar-refractivity contribution is 7.19. The molecule has 0 saturated heterocycles. The average molecular weight is 805 g/mol. The van der Waals surface area contributed by atoms with Crippen molar-refractivity contribution in [1.82, 2.24) is 24.1 Å². The highest BCUT2D eigenvalue weighted by Crippen LogP contribution is 2.47. The number of hydrogen-bond donors (Lipinski definition) is 0. The van der Waals surface area contributed by atoms with Gasteiger partial charge in [-0.15, -0.1) is 11.3 Å². The van der Waals surface area contributed by atoms with Gasteiger partial charge in [0.15, 0.2) is 17.5 Å². The maximum Gasteiger partial charge on any atom is 0.164 e. The predicted octanol–water partition coefficient (Wildman–Crippen LogP) is 5.79. The number of nitrogens with zero attached hydrogens (tertiary/aromatic N) is 5. The first-order chi connectivity index (χ1) is 30.7. The smallest absolute Gasteiger partial charge is 0.164 e. The maximum atomic E-state index is 7.20. The van der Waals surface area contributed by atoms with Gasteiger partial charge in [-0.3, -0.25) is 0 Å². The minimum atomic E-state index is -0.209. The summed E-state index contributed by atoms with van der Waals surface area (Å²) in [6.07, 6.45) is 10.8. The Morgan fingerprint density at radius 1 is 0.587 bits per heavy atom. The summed E-state index contributed by atoms with van der Waals surface area (Å²) in [6.45, 7) is 0. The van der Waals surface area contributed by atoms with Gasteiger partial charge >= 0.3 is 0 Å². The average Bonchev–Trinajstić information content (AvgIpc) is 3.97. The summed E-state index contributed by atoms with van der Waals surface area (Å²) in [7, 11) is 41.3. The van der Waals surface area contributed by atoms with Crippen LogP contribution in [0, 0.1) is 0 Å². The van der Waals surface area contributed by atoms with E-state index in [4.69, 9.17) is 62.0 Å². The summed E-state index contributed by atoms with van der Waals surface area (Å²) in [5.74, 6) is 1.81. The lowest BCUT2D eigenvalue weighted by Gasteiger charge is -2.25. The molecule has 0 fully saturated rings. The predicted molar refractivity (Wildman–Crippen MR) is 269 cm³/mol. The number of aromatic nitrogens is 5. The summed E-state index contributed by atoms with van der Waals surface area (Å²) in [6, 6.07) is 33.7. The van der Waals surface area contributed by atoms with E-state index in [0.717, 1.165) is 81.6 Å². The first-order valence-electron chi connectivity index (χ1n) is 20.4. The lowest BCUT2D eigenvalue weighted by Crippen LogP contribution is -2.27. The van der Waals surface area contributed by atoms with E-state index in [-0.39, 0.29) is 6.04 Å². The van der Waals surface area contributed by atoms with Gasteiger partial charge in [-0.25, -0.2) is 15.0 Å². The molecule has 2 aliphatic rings. The molecule has 5 nitrogen and oxygen atoms in total. The number of thiophene rings is 1. The van der Waals surface area contributed by atoms with Gasteiger partial charge < -0.3 is 9.13 Å². The summed E-state index contributed by atoms with van der Waals surface area (Å²) in [5.41, 5.74) is 17.0. The first kappa shape index (κ1) is 37.8. The zero-order valence-corrected chi connectivity index (χ0v) is 34.4. The van der Waals surface area contributed by atoms with Gasteiger partial charge in [0.05, 0.1) is 22.8 Å². The van der Waals surface area contributed by atoms with Crippen LogP contribution >= 0.6 is 11.3 Å². The fourth-order valence-electron chi connectivity index (χ4n) is 9.57. The second kappa shape index (κ2) is 14.3. The summed E-state index contributed by atoms with van der Waals surface area (Å²) < 4.78 is 5.57. The van der Waals surface area contributed by atoms with Crippen molar-refractivity contribution in [3.8, 4) is 34.2 Å². The van der Waals surface area contributed by atoms with Gasteiger partial charge in [-0.1, -0.05) is 153 Å². The quantitative estimate of drug-likeness (QED) is 0.164. The molecule has 2 aliphatic carbocycles. The van der Waals surface area contributed by atoms with Crippen molar-refractivity contribution in [2.24, 2.45) is 0 Å². The number of allylic oxidation sites excluding steroid dienone is 5. The fourth-order valence-corrected chi connectivity index (χ4v) is 10.9. The largest absolute Gasteiger partial charge is 0.331 e. The van der Waals surface area contributed by atoms with Crippen molar-refractivity contribution in [2.45, 2.75) is 12.5 Å². The Bertz CT molecular complexity index is 3750. The molecule has 0 N–H and O–H groups in total. The van der Waals surface area contributed by atoms with Crippen LogP contribution in [-0.4, -0.2) is 71.2 Å². The standard InChI is InChI=1S/C51H25B6N5S/c52-29-22-34-40-42(56)43(57)41-35-23-30(53)25-37(55)45(35)62(47(41)46(40)61(44(34)36(54)24-29)31-15-8-3-9-16-31)38-18-10-17-33-32-20-19-28(21-39(32)63-48(33)38)51-59-49(26-11-4-1-5-12-26)58-50(60-51)27-13-6-2-7-14-27/h1-2,4-8,10-17,19-25,38H,18H2. The Balaban J connectivity index is 1.13. The van der Waals surface area contributed by atoms with Crippen LogP contribution in [0.15, 0.2) is 139 Å². The van der Waals surface area contributed by atoms with Crippen LogP contribution in [0.5, 0.6) is 0 Å². The lowest BCUT2D eigenvalue weighted by molar-refractivity contribution is 0.639. The van der Waals surface area contributed by atoms with E-state index in [2.05, 4.69) is 50.9 Å². The molecule has 0 spiro atoms. The lowest BCUT2D eigenvalue weighted by atomic mass is 9.74. The van der Waals surface area contributed by atoms with Crippen molar-refractivity contribution >= 4 is 157 Å². The molecule has 6 aromatic carbocycles. The van der Waals surface area contributed by atoms with E-state index in [9.17, 15) is 0 Å². The molecule has 0 aliphatic heterocycles. The minimum Gasteiger partial charge on any atom is -0.331 e. The Labute approximate surface area is 374 Å².